The van der Waals surface area contributed by atoms with Gasteiger partial charge in [-0.3, -0.25) is 14.6 Å². The van der Waals surface area contributed by atoms with E-state index in [0.717, 1.165) is 25.3 Å². The van der Waals surface area contributed by atoms with Crippen LogP contribution < -0.4 is 4.74 Å². The lowest BCUT2D eigenvalue weighted by atomic mass is 10.2. The number of aryl methyl sites for hydroxylation is 1. The molecular formula is C23H27FN8O2. The summed E-state index contributed by atoms with van der Waals surface area (Å²) in [6.07, 6.45) is 6.61. The Morgan fingerprint density at radius 3 is 2.88 bits per heavy atom. The zero-order valence-electron chi connectivity index (χ0n) is 19.5. The first-order chi connectivity index (χ1) is 16.5. The van der Waals surface area contributed by atoms with E-state index in [0.29, 0.717) is 48.0 Å². The molecule has 0 amide bonds. The maximum Gasteiger partial charge on any atom is 0.318 e. The standard InChI is InChI=1S/C23H27FN8O2/c1-4-34-23-27-15(2)20-22(29-23)32(21(28-20)17-7-18(24)10-25-9-17)12-16-8-26-31(11-16)13-19-14-33-6-5-30(19)3/h7-11,19H,4-6,12-14H2,1-3H3. The molecule has 1 atom stereocenters. The molecule has 1 saturated heterocycles. The second-order valence-corrected chi connectivity index (χ2v) is 8.39. The van der Waals surface area contributed by atoms with Gasteiger partial charge in [0.15, 0.2) is 5.65 Å². The Morgan fingerprint density at radius 2 is 2.09 bits per heavy atom. The quantitative estimate of drug-likeness (QED) is 0.410. The second-order valence-electron chi connectivity index (χ2n) is 8.39. The number of nitrogens with zero attached hydrogens (tertiary/aromatic N) is 8. The van der Waals surface area contributed by atoms with Crippen LogP contribution in [0.15, 0.2) is 30.9 Å². The number of hydrogen-bond donors (Lipinski definition) is 0. The summed E-state index contributed by atoms with van der Waals surface area (Å²) in [6, 6.07) is 1.97. The van der Waals surface area contributed by atoms with Crippen LogP contribution in [0.2, 0.25) is 0 Å². The third kappa shape index (κ3) is 4.48. The van der Waals surface area contributed by atoms with Crippen LogP contribution in [0.25, 0.3) is 22.6 Å². The summed E-state index contributed by atoms with van der Waals surface area (Å²) in [5.74, 6) is 0.127. The number of rotatable bonds is 7. The van der Waals surface area contributed by atoms with E-state index in [-0.39, 0.29) is 12.1 Å². The molecule has 34 heavy (non-hydrogen) atoms. The summed E-state index contributed by atoms with van der Waals surface area (Å²) in [6.45, 7) is 7.72. The molecule has 178 valence electrons. The molecule has 0 spiro atoms. The normalized spacial score (nSPS) is 16.9. The van der Waals surface area contributed by atoms with Crippen LogP contribution in [-0.2, 0) is 17.8 Å². The van der Waals surface area contributed by atoms with Crippen molar-refractivity contribution in [3.8, 4) is 17.4 Å². The predicted molar refractivity (Wildman–Crippen MR) is 123 cm³/mol. The summed E-state index contributed by atoms with van der Waals surface area (Å²) < 4.78 is 29.0. The summed E-state index contributed by atoms with van der Waals surface area (Å²) >= 11 is 0. The van der Waals surface area contributed by atoms with Crippen molar-refractivity contribution < 1.29 is 13.9 Å². The molecule has 0 aromatic carbocycles. The molecule has 4 aromatic rings. The van der Waals surface area contributed by atoms with Crippen molar-refractivity contribution in [2.24, 2.45) is 0 Å². The number of halogens is 1. The number of ether oxygens (including phenoxy) is 2. The third-order valence-electron chi connectivity index (χ3n) is 5.93. The monoisotopic (exact) mass is 466 g/mol. The fraction of sp³-hybridized carbons (Fsp3) is 0.435. The molecule has 1 aliphatic rings. The maximum absolute atomic E-state index is 14.0. The molecule has 0 N–H and O–H groups in total. The van der Waals surface area contributed by atoms with Crippen molar-refractivity contribution in [2.45, 2.75) is 33.0 Å². The van der Waals surface area contributed by atoms with Crippen molar-refractivity contribution >= 4 is 11.2 Å². The average molecular weight is 467 g/mol. The minimum absolute atomic E-state index is 0.272. The van der Waals surface area contributed by atoms with Crippen LogP contribution in [-0.4, -0.2) is 78.6 Å². The molecule has 4 aromatic heterocycles. The van der Waals surface area contributed by atoms with Crippen molar-refractivity contribution in [3.63, 3.8) is 0 Å². The van der Waals surface area contributed by atoms with Crippen LogP contribution in [0.5, 0.6) is 6.01 Å². The highest BCUT2D eigenvalue weighted by Crippen LogP contribution is 2.27. The second kappa shape index (κ2) is 9.43. The summed E-state index contributed by atoms with van der Waals surface area (Å²) in [5, 5.41) is 4.56. The van der Waals surface area contributed by atoms with E-state index >= 15 is 0 Å². The highest BCUT2D eigenvalue weighted by atomic mass is 19.1. The van der Waals surface area contributed by atoms with Gasteiger partial charge in [0.05, 0.1) is 57.0 Å². The summed E-state index contributed by atoms with van der Waals surface area (Å²) in [5.41, 5.74) is 3.47. The highest BCUT2D eigenvalue weighted by molar-refractivity contribution is 5.79. The van der Waals surface area contributed by atoms with Gasteiger partial charge in [-0.05, 0) is 27.0 Å². The molecular weight excluding hydrogens is 439 g/mol. The molecule has 1 unspecified atom stereocenters. The SMILES string of the molecule is CCOc1nc(C)c2nc(-c3cncc(F)c3)n(Cc3cnn(CC4COCCN4C)c3)c2n1. The fourth-order valence-electron chi connectivity index (χ4n) is 4.13. The molecule has 0 bridgehead atoms. The molecule has 0 aliphatic carbocycles. The zero-order valence-corrected chi connectivity index (χ0v) is 19.5. The van der Waals surface area contributed by atoms with Crippen molar-refractivity contribution in [2.75, 3.05) is 33.4 Å². The number of hydrogen-bond acceptors (Lipinski definition) is 8. The number of fused-ring (bicyclic) bond motifs is 1. The van der Waals surface area contributed by atoms with E-state index in [9.17, 15) is 4.39 Å². The number of likely N-dealkylation sites (N-methyl/N-ethyl adjacent to an activating group) is 1. The van der Waals surface area contributed by atoms with Crippen molar-refractivity contribution in [3.05, 3.63) is 47.9 Å². The minimum Gasteiger partial charge on any atom is -0.464 e. The Morgan fingerprint density at radius 1 is 1.21 bits per heavy atom. The van der Waals surface area contributed by atoms with Crippen LogP contribution in [0.1, 0.15) is 18.2 Å². The average Bonchev–Trinajstić information content (AvgIpc) is 3.41. The third-order valence-corrected chi connectivity index (χ3v) is 5.93. The Labute approximate surface area is 196 Å². The molecule has 0 saturated carbocycles. The molecule has 1 fully saturated rings. The van der Waals surface area contributed by atoms with Gasteiger partial charge in [0.1, 0.15) is 17.2 Å². The molecule has 10 nitrogen and oxygen atoms in total. The Bertz CT molecular complexity index is 1300. The maximum atomic E-state index is 14.0. The topological polar surface area (TPSA) is 96.0 Å². The number of imidazole rings is 1. The molecule has 0 radical (unpaired) electrons. The van der Waals surface area contributed by atoms with Gasteiger partial charge in [-0.15, -0.1) is 0 Å². The Balaban J connectivity index is 1.52. The van der Waals surface area contributed by atoms with Gasteiger partial charge in [0.2, 0.25) is 0 Å². The summed E-state index contributed by atoms with van der Waals surface area (Å²) in [7, 11) is 2.10. The predicted octanol–water partition coefficient (Wildman–Crippen LogP) is 2.31. The van der Waals surface area contributed by atoms with Crippen LogP contribution >= 0.6 is 0 Å². The van der Waals surface area contributed by atoms with E-state index in [4.69, 9.17) is 14.5 Å². The summed E-state index contributed by atoms with van der Waals surface area (Å²) in [4.78, 5) is 20.1. The first kappa shape index (κ1) is 22.4. The van der Waals surface area contributed by atoms with E-state index in [1.54, 1.807) is 6.20 Å². The smallest absolute Gasteiger partial charge is 0.318 e. The van der Waals surface area contributed by atoms with Gasteiger partial charge < -0.3 is 14.0 Å². The first-order valence-electron chi connectivity index (χ1n) is 11.3. The van der Waals surface area contributed by atoms with E-state index in [2.05, 4.69) is 32.0 Å². The van der Waals surface area contributed by atoms with Crippen LogP contribution in [0.4, 0.5) is 4.39 Å². The lowest BCUT2D eigenvalue weighted by Gasteiger charge is -2.32. The van der Waals surface area contributed by atoms with Crippen LogP contribution in [0.3, 0.4) is 0 Å². The fourth-order valence-corrected chi connectivity index (χ4v) is 4.13. The highest BCUT2D eigenvalue weighted by Gasteiger charge is 2.22. The van der Waals surface area contributed by atoms with E-state index in [1.165, 1.54) is 12.3 Å². The minimum atomic E-state index is -0.430. The Hall–Kier alpha value is -3.44. The van der Waals surface area contributed by atoms with E-state index in [1.807, 2.05) is 35.5 Å². The Kier molecular flexibility index (Phi) is 6.20. The van der Waals surface area contributed by atoms with Gasteiger partial charge >= 0.3 is 6.01 Å². The zero-order chi connectivity index (χ0) is 23.7. The van der Waals surface area contributed by atoms with Gasteiger partial charge in [-0.25, -0.2) is 9.37 Å². The van der Waals surface area contributed by atoms with Crippen LogP contribution in [0, 0.1) is 12.7 Å². The van der Waals surface area contributed by atoms with Crippen molar-refractivity contribution in [1.82, 2.24) is 39.2 Å². The van der Waals surface area contributed by atoms with Gasteiger partial charge in [0, 0.05) is 30.1 Å². The first-order valence-corrected chi connectivity index (χ1v) is 11.3. The molecule has 5 heterocycles. The molecule has 1 aliphatic heterocycles. The number of morpholine rings is 1. The lowest BCUT2D eigenvalue weighted by Crippen LogP contribution is -2.45. The molecule has 5 rings (SSSR count). The lowest BCUT2D eigenvalue weighted by molar-refractivity contribution is -0.00142. The van der Waals surface area contributed by atoms with E-state index < -0.39 is 5.82 Å². The van der Waals surface area contributed by atoms with Gasteiger partial charge in [-0.1, -0.05) is 0 Å². The number of aromatic nitrogens is 7. The molecule has 11 heteroatoms. The van der Waals surface area contributed by atoms with Gasteiger partial charge in [0.25, 0.3) is 0 Å². The largest absolute Gasteiger partial charge is 0.464 e. The van der Waals surface area contributed by atoms with Gasteiger partial charge in [-0.2, -0.15) is 15.1 Å². The van der Waals surface area contributed by atoms with Crippen molar-refractivity contribution in [1.29, 1.82) is 0 Å². The number of pyridine rings is 1.